The number of rotatable bonds is 4. The van der Waals surface area contributed by atoms with E-state index in [2.05, 4.69) is 36.5 Å². The largest absolute Gasteiger partial charge is 0.272 e. The monoisotopic (exact) mass is 399 g/mol. The number of aryl methyl sites for hydroxylation is 3. The van der Waals surface area contributed by atoms with Gasteiger partial charge in [-0.05, 0) is 62.2 Å². The topological polar surface area (TPSA) is 54.4 Å². The Kier molecular flexibility index (Phi) is 5.23. The lowest BCUT2D eigenvalue weighted by molar-refractivity contribution is 0.0957. The second-order valence-corrected chi connectivity index (χ2v) is 8.34. The van der Waals surface area contributed by atoms with Crippen LogP contribution >= 0.6 is 11.3 Å². The molecule has 0 radical (unpaired) electrons. The number of hydrogen-bond donors (Lipinski definition) is 1. The first-order chi connectivity index (χ1) is 14.0. The summed E-state index contributed by atoms with van der Waals surface area (Å²) in [5.41, 5.74) is 8.19. The van der Waals surface area contributed by atoms with Crippen molar-refractivity contribution in [1.82, 2.24) is 10.4 Å². The first kappa shape index (κ1) is 19.0. The fourth-order valence-corrected chi connectivity index (χ4v) is 3.90. The van der Waals surface area contributed by atoms with Crippen LogP contribution in [0.15, 0.2) is 65.8 Å². The molecule has 0 unspecified atom stereocenters. The summed E-state index contributed by atoms with van der Waals surface area (Å²) < 4.78 is 0. The van der Waals surface area contributed by atoms with Gasteiger partial charge in [-0.25, -0.2) is 10.4 Å². The molecule has 2 aromatic carbocycles. The van der Waals surface area contributed by atoms with E-state index in [0.29, 0.717) is 5.56 Å². The second-order valence-electron chi connectivity index (χ2n) is 7.02. The lowest BCUT2D eigenvalue weighted by atomic mass is 10.0. The second kappa shape index (κ2) is 7.97. The van der Waals surface area contributed by atoms with Gasteiger partial charge in [0.1, 0.15) is 0 Å². The minimum Gasteiger partial charge on any atom is -0.267 e. The number of carbonyl (C=O) groups excluding carboxylic acids is 1. The van der Waals surface area contributed by atoms with Gasteiger partial charge in [0, 0.05) is 20.7 Å². The minimum absolute atomic E-state index is 0.252. The molecule has 0 saturated carbocycles. The molecule has 4 nitrogen and oxygen atoms in total. The molecule has 0 fully saturated rings. The zero-order valence-electron chi connectivity index (χ0n) is 16.6. The van der Waals surface area contributed by atoms with Crippen LogP contribution in [0.1, 0.15) is 31.2 Å². The van der Waals surface area contributed by atoms with E-state index in [-0.39, 0.29) is 5.91 Å². The van der Waals surface area contributed by atoms with Crippen LogP contribution in [0.2, 0.25) is 0 Å². The maximum atomic E-state index is 12.9. The number of nitrogens with zero attached hydrogens (tertiary/aromatic N) is 2. The molecule has 4 aromatic rings. The van der Waals surface area contributed by atoms with Gasteiger partial charge in [0.25, 0.3) is 5.91 Å². The van der Waals surface area contributed by atoms with Gasteiger partial charge in [-0.2, -0.15) is 5.10 Å². The maximum Gasteiger partial charge on any atom is 0.272 e. The smallest absolute Gasteiger partial charge is 0.267 e. The number of carbonyl (C=O) groups is 1. The van der Waals surface area contributed by atoms with E-state index in [1.54, 1.807) is 17.6 Å². The average Bonchev–Trinajstić information content (AvgIpc) is 3.14. The lowest BCUT2D eigenvalue weighted by Gasteiger charge is -2.10. The summed E-state index contributed by atoms with van der Waals surface area (Å²) in [6, 6.07) is 19.7. The molecule has 0 spiro atoms. The van der Waals surface area contributed by atoms with Crippen molar-refractivity contribution in [3.63, 3.8) is 0 Å². The predicted molar refractivity (Wildman–Crippen MR) is 121 cm³/mol. The molecule has 144 valence electrons. The summed E-state index contributed by atoms with van der Waals surface area (Å²) in [4.78, 5) is 19.9. The normalized spacial score (nSPS) is 11.3. The molecule has 1 N–H and O–H groups in total. The zero-order valence-corrected chi connectivity index (χ0v) is 17.4. The molecule has 0 atom stereocenters. The Bertz CT molecular complexity index is 1240. The summed E-state index contributed by atoms with van der Waals surface area (Å²) in [6.45, 7) is 6.20. The summed E-state index contributed by atoms with van der Waals surface area (Å²) >= 11 is 1.63. The Morgan fingerprint density at radius 3 is 2.59 bits per heavy atom. The van der Waals surface area contributed by atoms with Gasteiger partial charge in [0.15, 0.2) is 0 Å². The number of pyridine rings is 1. The van der Waals surface area contributed by atoms with Crippen LogP contribution in [0, 0.1) is 20.8 Å². The Morgan fingerprint density at radius 2 is 1.83 bits per heavy atom. The van der Waals surface area contributed by atoms with Crippen LogP contribution in [-0.4, -0.2) is 17.1 Å². The van der Waals surface area contributed by atoms with Gasteiger partial charge < -0.3 is 0 Å². The van der Waals surface area contributed by atoms with E-state index >= 15 is 0 Å². The number of aromatic nitrogens is 1. The first-order valence-electron chi connectivity index (χ1n) is 9.38. The molecule has 2 heterocycles. The van der Waals surface area contributed by atoms with E-state index in [1.807, 2.05) is 55.5 Å². The molecule has 29 heavy (non-hydrogen) atoms. The quantitative estimate of drug-likeness (QED) is 0.356. The maximum absolute atomic E-state index is 12.9. The summed E-state index contributed by atoms with van der Waals surface area (Å²) in [5.74, 6) is -0.252. The Balaban J connectivity index is 1.71. The first-order valence-corrected chi connectivity index (χ1v) is 10.2. The highest BCUT2D eigenvalue weighted by atomic mass is 32.1. The molecule has 2 aromatic heterocycles. The van der Waals surface area contributed by atoms with Crippen molar-refractivity contribution in [3.8, 4) is 11.3 Å². The molecular weight excluding hydrogens is 378 g/mol. The van der Waals surface area contributed by atoms with Crippen LogP contribution < -0.4 is 5.43 Å². The van der Waals surface area contributed by atoms with Gasteiger partial charge in [0.2, 0.25) is 0 Å². The van der Waals surface area contributed by atoms with Crippen molar-refractivity contribution in [1.29, 1.82) is 0 Å². The fraction of sp³-hybridized carbons (Fsp3) is 0.125. The van der Waals surface area contributed by atoms with Gasteiger partial charge >= 0.3 is 0 Å². The predicted octanol–water partition coefficient (Wildman–Crippen LogP) is 5.65. The number of thiophene rings is 1. The van der Waals surface area contributed by atoms with E-state index in [0.717, 1.165) is 27.0 Å². The third-order valence-corrected chi connectivity index (χ3v) is 5.82. The molecule has 5 heteroatoms. The number of para-hydroxylation sites is 1. The van der Waals surface area contributed by atoms with Crippen LogP contribution in [-0.2, 0) is 0 Å². The zero-order chi connectivity index (χ0) is 20.4. The SMILES string of the molecule is Cc1ccc(/C=N\NC(=O)c2cc(-c3ccc(C)c(C)c3)nc3ccccc23)s1. The van der Waals surface area contributed by atoms with Crippen LogP contribution in [0.5, 0.6) is 0 Å². The molecule has 0 aliphatic carbocycles. The van der Waals surface area contributed by atoms with Crippen molar-refractivity contribution in [2.24, 2.45) is 5.10 Å². The number of fused-ring (bicyclic) bond motifs is 1. The number of amides is 1. The summed E-state index contributed by atoms with van der Waals surface area (Å²) in [5, 5.41) is 4.94. The average molecular weight is 400 g/mol. The highest BCUT2D eigenvalue weighted by molar-refractivity contribution is 7.13. The van der Waals surface area contributed by atoms with E-state index < -0.39 is 0 Å². The van der Waals surface area contributed by atoms with E-state index in [4.69, 9.17) is 4.98 Å². The molecule has 4 rings (SSSR count). The lowest BCUT2D eigenvalue weighted by Crippen LogP contribution is -2.18. The summed E-state index contributed by atoms with van der Waals surface area (Å²) in [6.07, 6.45) is 1.67. The highest BCUT2D eigenvalue weighted by Crippen LogP contribution is 2.26. The number of benzene rings is 2. The third kappa shape index (κ3) is 4.10. The Labute approximate surface area is 173 Å². The van der Waals surface area contributed by atoms with Crippen molar-refractivity contribution >= 4 is 34.4 Å². The van der Waals surface area contributed by atoms with Crippen molar-refractivity contribution in [2.45, 2.75) is 20.8 Å². The van der Waals surface area contributed by atoms with Crippen LogP contribution in [0.25, 0.3) is 22.2 Å². The standard InChI is InChI=1S/C24H21N3OS/c1-15-8-10-18(12-16(15)2)23-13-21(20-6-4-5-7-22(20)26-23)24(28)27-25-14-19-11-9-17(3)29-19/h4-14H,1-3H3,(H,27,28)/b25-14-. The molecule has 0 bridgehead atoms. The molecule has 0 saturated heterocycles. The minimum atomic E-state index is -0.252. The Morgan fingerprint density at radius 1 is 1.00 bits per heavy atom. The van der Waals surface area contributed by atoms with Crippen LogP contribution in [0.4, 0.5) is 0 Å². The highest BCUT2D eigenvalue weighted by Gasteiger charge is 2.14. The van der Waals surface area contributed by atoms with Crippen LogP contribution in [0.3, 0.4) is 0 Å². The fourth-order valence-electron chi connectivity index (χ4n) is 3.15. The summed E-state index contributed by atoms with van der Waals surface area (Å²) in [7, 11) is 0. The van der Waals surface area contributed by atoms with Gasteiger partial charge in [-0.15, -0.1) is 11.3 Å². The molecule has 1 amide bonds. The van der Waals surface area contributed by atoms with Gasteiger partial charge in [-0.3, -0.25) is 4.79 Å². The number of hydrazone groups is 1. The van der Waals surface area contributed by atoms with Crippen molar-refractivity contribution in [3.05, 3.63) is 87.1 Å². The van der Waals surface area contributed by atoms with E-state index in [9.17, 15) is 4.79 Å². The van der Waals surface area contributed by atoms with Gasteiger partial charge in [-0.1, -0.05) is 30.3 Å². The van der Waals surface area contributed by atoms with Crippen molar-refractivity contribution in [2.75, 3.05) is 0 Å². The molecular formula is C24H21N3OS. The third-order valence-electron chi connectivity index (χ3n) is 4.88. The molecule has 0 aliphatic rings. The van der Waals surface area contributed by atoms with Crippen molar-refractivity contribution < 1.29 is 4.79 Å². The van der Waals surface area contributed by atoms with E-state index in [1.165, 1.54) is 16.0 Å². The van der Waals surface area contributed by atoms with Gasteiger partial charge in [0.05, 0.1) is 23.0 Å². The number of hydrogen-bond acceptors (Lipinski definition) is 4. The molecule has 0 aliphatic heterocycles. The number of nitrogens with one attached hydrogen (secondary N) is 1. The Hall–Kier alpha value is -3.31.